The Morgan fingerprint density at radius 1 is 1.26 bits per heavy atom. The summed E-state index contributed by atoms with van der Waals surface area (Å²) in [6, 6.07) is 12.4. The lowest BCUT2D eigenvalue weighted by molar-refractivity contribution is -0.131. The summed E-state index contributed by atoms with van der Waals surface area (Å²) in [6.07, 6.45) is 4.15. The summed E-state index contributed by atoms with van der Waals surface area (Å²) < 4.78 is 5.82. The Morgan fingerprint density at radius 2 is 2.06 bits per heavy atom. The highest BCUT2D eigenvalue weighted by atomic mass is 16.5. The van der Waals surface area contributed by atoms with Crippen molar-refractivity contribution in [3.05, 3.63) is 70.8 Å². The van der Waals surface area contributed by atoms with Gasteiger partial charge in [-0.3, -0.25) is 9.59 Å². The molecular weight excluding hydrogens is 446 g/mol. The maximum Gasteiger partial charge on any atom is 0.327 e. The predicted octanol–water partition coefficient (Wildman–Crippen LogP) is 3.56. The number of hydrogen-bond acceptors (Lipinski definition) is 5. The van der Waals surface area contributed by atoms with Gasteiger partial charge in [-0.2, -0.15) is 5.26 Å². The van der Waals surface area contributed by atoms with E-state index in [0.29, 0.717) is 54.0 Å². The number of nitriles is 1. The average Bonchev–Trinajstić information content (AvgIpc) is 3.54. The number of carbonyl (C=O) groups excluding carboxylic acids is 2. The quantitative estimate of drug-likeness (QED) is 0.528. The molecule has 8 nitrogen and oxygen atoms in total. The molecule has 4 rings (SSSR count). The number of nitrogens with one attached hydrogen (secondary N) is 2. The first kappa shape index (κ1) is 24.0. The molecule has 0 radical (unpaired) electrons. The number of carbonyl (C=O) groups is 3. The SMILES string of the molecule is CC(C)NC(=O)c1ccc2c(c1)[C@]1(CCO2)C[C@H]1C(=O)Nc1cc(C#N)ccc1CC=CC(=O)O. The summed E-state index contributed by atoms with van der Waals surface area (Å²) >= 11 is 0. The van der Waals surface area contributed by atoms with Crippen molar-refractivity contribution < 1.29 is 24.2 Å². The fourth-order valence-corrected chi connectivity index (χ4v) is 4.68. The van der Waals surface area contributed by atoms with Crippen molar-refractivity contribution in [2.45, 2.75) is 44.6 Å². The van der Waals surface area contributed by atoms with E-state index >= 15 is 0 Å². The second-order valence-corrected chi connectivity index (χ2v) is 9.27. The average molecular weight is 474 g/mol. The molecule has 35 heavy (non-hydrogen) atoms. The number of anilines is 1. The molecule has 0 aromatic heterocycles. The maximum absolute atomic E-state index is 13.3. The van der Waals surface area contributed by atoms with Gasteiger partial charge in [0.05, 0.1) is 18.2 Å². The molecule has 1 heterocycles. The number of carboxylic acid groups (broad SMARTS) is 1. The van der Waals surface area contributed by atoms with Crippen molar-refractivity contribution in [3.63, 3.8) is 0 Å². The van der Waals surface area contributed by atoms with Crippen molar-refractivity contribution in [2.75, 3.05) is 11.9 Å². The molecule has 2 aromatic rings. The number of aliphatic carboxylic acids is 1. The Bertz CT molecular complexity index is 1260. The van der Waals surface area contributed by atoms with Crippen LogP contribution in [0.4, 0.5) is 5.69 Å². The summed E-state index contributed by atoms with van der Waals surface area (Å²) in [6.45, 7) is 4.29. The smallest absolute Gasteiger partial charge is 0.327 e. The van der Waals surface area contributed by atoms with Gasteiger partial charge in [-0.05, 0) is 69.0 Å². The van der Waals surface area contributed by atoms with E-state index in [0.717, 1.165) is 11.6 Å². The number of ether oxygens (including phenoxy) is 1. The van der Waals surface area contributed by atoms with E-state index < -0.39 is 11.4 Å². The molecule has 1 spiro atoms. The van der Waals surface area contributed by atoms with Crippen molar-refractivity contribution in [2.24, 2.45) is 5.92 Å². The van der Waals surface area contributed by atoms with Gasteiger partial charge in [-0.15, -0.1) is 0 Å². The molecule has 0 unspecified atom stereocenters. The van der Waals surface area contributed by atoms with Gasteiger partial charge in [-0.25, -0.2) is 4.79 Å². The van der Waals surface area contributed by atoms with Gasteiger partial charge < -0.3 is 20.5 Å². The number of amides is 2. The van der Waals surface area contributed by atoms with E-state index in [1.807, 2.05) is 19.9 Å². The molecule has 1 fully saturated rings. The van der Waals surface area contributed by atoms with Crippen LogP contribution in [-0.2, 0) is 21.4 Å². The van der Waals surface area contributed by atoms with Gasteiger partial charge >= 0.3 is 5.97 Å². The lowest BCUT2D eigenvalue weighted by atomic mass is 9.86. The van der Waals surface area contributed by atoms with Crippen LogP contribution in [-0.4, -0.2) is 35.5 Å². The zero-order valence-corrected chi connectivity index (χ0v) is 19.6. The first-order valence-electron chi connectivity index (χ1n) is 11.5. The number of hydrogen-bond donors (Lipinski definition) is 3. The van der Waals surface area contributed by atoms with E-state index in [1.54, 1.807) is 30.3 Å². The normalized spacial score (nSPS) is 20.1. The van der Waals surface area contributed by atoms with Crippen LogP contribution in [0.15, 0.2) is 48.6 Å². The summed E-state index contributed by atoms with van der Waals surface area (Å²) in [4.78, 5) is 36.7. The van der Waals surface area contributed by atoms with Crippen LogP contribution in [0.1, 0.15) is 53.7 Å². The van der Waals surface area contributed by atoms with Crippen molar-refractivity contribution in [1.29, 1.82) is 5.26 Å². The molecule has 180 valence electrons. The number of rotatable bonds is 7. The Labute approximate surface area is 203 Å². The van der Waals surface area contributed by atoms with Crippen molar-refractivity contribution in [1.82, 2.24) is 5.32 Å². The fraction of sp³-hybridized carbons (Fsp3) is 0.333. The largest absolute Gasteiger partial charge is 0.493 e. The van der Waals surface area contributed by atoms with Gasteiger partial charge in [0.15, 0.2) is 0 Å². The fourth-order valence-electron chi connectivity index (χ4n) is 4.68. The Morgan fingerprint density at radius 3 is 2.77 bits per heavy atom. The molecule has 3 N–H and O–H groups in total. The van der Waals surface area contributed by atoms with Crippen LogP contribution in [0.25, 0.3) is 0 Å². The molecule has 0 saturated heterocycles. The van der Waals surface area contributed by atoms with E-state index in [-0.39, 0.29) is 23.8 Å². The Hall–Kier alpha value is -4.12. The molecule has 2 amide bonds. The van der Waals surface area contributed by atoms with Crippen molar-refractivity contribution >= 4 is 23.5 Å². The highest BCUT2D eigenvalue weighted by molar-refractivity contribution is 5.98. The molecule has 0 bridgehead atoms. The lowest BCUT2D eigenvalue weighted by Gasteiger charge is -2.27. The molecule has 8 heteroatoms. The summed E-state index contributed by atoms with van der Waals surface area (Å²) in [5.41, 5.74) is 2.60. The zero-order valence-electron chi connectivity index (χ0n) is 19.6. The number of benzene rings is 2. The number of allylic oxidation sites excluding steroid dienone is 1. The highest BCUT2D eigenvalue weighted by Gasteiger charge is 2.61. The third-order valence-corrected chi connectivity index (χ3v) is 6.49. The highest BCUT2D eigenvalue weighted by Crippen LogP contribution is 2.61. The van der Waals surface area contributed by atoms with Crippen LogP contribution in [0, 0.1) is 17.2 Å². The summed E-state index contributed by atoms with van der Waals surface area (Å²) in [5.74, 6) is -1.00. The van der Waals surface area contributed by atoms with Crippen LogP contribution >= 0.6 is 0 Å². The second-order valence-electron chi connectivity index (χ2n) is 9.27. The minimum Gasteiger partial charge on any atom is -0.493 e. The van der Waals surface area contributed by atoms with Gasteiger partial charge in [-0.1, -0.05) is 12.1 Å². The minimum absolute atomic E-state index is 0.00640. The van der Waals surface area contributed by atoms with E-state index in [4.69, 9.17) is 9.84 Å². The van der Waals surface area contributed by atoms with Gasteiger partial charge in [0, 0.05) is 40.3 Å². The first-order valence-corrected chi connectivity index (χ1v) is 11.5. The number of fused-ring (bicyclic) bond motifs is 2. The van der Waals surface area contributed by atoms with E-state index in [1.165, 1.54) is 6.08 Å². The Kier molecular flexibility index (Phi) is 6.61. The predicted molar refractivity (Wildman–Crippen MR) is 129 cm³/mol. The molecule has 1 saturated carbocycles. The van der Waals surface area contributed by atoms with E-state index in [9.17, 15) is 19.6 Å². The molecule has 1 aliphatic carbocycles. The van der Waals surface area contributed by atoms with Crippen LogP contribution in [0.2, 0.25) is 0 Å². The van der Waals surface area contributed by atoms with Gasteiger partial charge in [0.25, 0.3) is 5.91 Å². The maximum atomic E-state index is 13.3. The molecule has 2 aromatic carbocycles. The minimum atomic E-state index is -1.05. The number of carboxylic acids is 1. The zero-order chi connectivity index (χ0) is 25.2. The number of nitrogens with zero attached hydrogens (tertiary/aromatic N) is 1. The third-order valence-electron chi connectivity index (χ3n) is 6.49. The van der Waals surface area contributed by atoms with Crippen molar-refractivity contribution in [3.8, 4) is 11.8 Å². The standard InChI is InChI=1S/C27H27N3O5/c1-16(2)29-25(33)19-8-9-23-20(13-19)27(10-11-35-23)14-21(27)26(34)30-22-12-17(15-28)6-7-18(22)4-3-5-24(31)32/h3,5-9,12-13,16,21H,4,10-11,14H2,1-2H3,(H,29,33)(H,30,34)(H,31,32)/t21-,27-/m0/s1. The van der Waals surface area contributed by atoms with E-state index in [2.05, 4.69) is 16.7 Å². The third kappa shape index (κ3) is 5.04. The summed E-state index contributed by atoms with van der Waals surface area (Å²) in [7, 11) is 0. The second kappa shape index (κ2) is 9.63. The van der Waals surface area contributed by atoms with Crippen LogP contribution in [0.3, 0.4) is 0 Å². The van der Waals surface area contributed by atoms with Gasteiger partial charge in [0.2, 0.25) is 5.91 Å². The van der Waals surface area contributed by atoms with Crippen LogP contribution in [0.5, 0.6) is 5.75 Å². The summed E-state index contributed by atoms with van der Waals surface area (Å²) in [5, 5.41) is 24.0. The lowest BCUT2D eigenvalue weighted by Crippen LogP contribution is -2.31. The first-order chi connectivity index (χ1) is 16.7. The molecule has 2 aliphatic rings. The Balaban J connectivity index is 1.57. The van der Waals surface area contributed by atoms with Gasteiger partial charge in [0.1, 0.15) is 5.75 Å². The topological polar surface area (TPSA) is 129 Å². The monoisotopic (exact) mass is 473 g/mol. The molecule has 2 atom stereocenters. The van der Waals surface area contributed by atoms with Crippen LogP contribution < -0.4 is 15.4 Å². The molecular formula is C27H27N3O5. The molecule has 1 aliphatic heterocycles.